The van der Waals surface area contributed by atoms with E-state index in [-0.39, 0.29) is 5.56 Å². The molecule has 0 saturated carbocycles. The van der Waals surface area contributed by atoms with Crippen molar-refractivity contribution in [2.75, 3.05) is 0 Å². The van der Waals surface area contributed by atoms with Crippen molar-refractivity contribution >= 4 is 23.7 Å². The standard InChI is InChI=1S/C20H18N4OS/c1-13-4-9-19(14(2)10-13)24-20(25)18(15(3)23-24)11-22-16-5-7-17(8-6-16)26-12-21/h4-11,23H,1-3H3. The first-order valence-electron chi connectivity index (χ1n) is 8.09. The highest BCUT2D eigenvalue weighted by Crippen LogP contribution is 2.20. The van der Waals surface area contributed by atoms with E-state index in [1.807, 2.05) is 68.6 Å². The molecule has 0 amide bonds. The summed E-state index contributed by atoms with van der Waals surface area (Å²) in [5, 5.41) is 13.8. The Kier molecular flexibility index (Phi) is 5.10. The molecule has 2 aromatic carbocycles. The highest BCUT2D eigenvalue weighted by Gasteiger charge is 2.12. The van der Waals surface area contributed by atoms with Crippen molar-refractivity contribution in [3.05, 3.63) is 75.2 Å². The third kappa shape index (κ3) is 3.63. The number of rotatable bonds is 4. The zero-order valence-corrected chi connectivity index (χ0v) is 15.6. The number of nitriles is 1. The van der Waals surface area contributed by atoms with Gasteiger partial charge in [-0.1, -0.05) is 17.7 Å². The molecule has 6 heteroatoms. The van der Waals surface area contributed by atoms with E-state index < -0.39 is 0 Å². The van der Waals surface area contributed by atoms with Crippen LogP contribution in [0.15, 0.2) is 57.1 Å². The molecule has 0 radical (unpaired) electrons. The van der Waals surface area contributed by atoms with Crippen molar-refractivity contribution in [2.24, 2.45) is 4.99 Å². The van der Waals surface area contributed by atoms with Gasteiger partial charge in [0.2, 0.25) is 0 Å². The second-order valence-electron chi connectivity index (χ2n) is 6.03. The molecule has 0 aliphatic carbocycles. The van der Waals surface area contributed by atoms with Gasteiger partial charge in [-0.3, -0.25) is 14.9 Å². The van der Waals surface area contributed by atoms with Crippen LogP contribution in [-0.4, -0.2) is 16.0 Å². The molecule has 3 rings (SSSR count). The number of aromatic amines is 1. The maximum atomic E-state index is 12.8. The van der Waals surface area contributed by atoms with Gasteiger partial charge >= 0.3 is 0 Å². The molecule has 0 fully saturated rings. The number of benzene rings is 2. The van der Waals surface area contributed by atoms with Gasteiger partial charge in [-0.05, 0) is 68.4 Å². The molecule has 26 heavy (non-hydrogen) atoms. The van der Waals surface area contributed by atoms with Gasteiger partial charge in [0, 0.05) is 16.8 Å². The zero-order valence-electron chi connectivity index (χ0n) is 14.8. The first-order valence-corrected chi connectivity index (χ1v) is 8.90. The lowest BCUT2D eigenvalue weighted by molar-refractivity contribution is 0.828. The quantitative estimate of drug-likeness (QED) is 0.424. The van der Waals surface area contributed by atoms with Crippen LogP contribution >= 0.6 is 11.8 Å². The van der Waals surface area contributed by atoms with Gasteiger partial charge in [-0.25, -0.2) is 4.68 Å². The van der Waals surface area contributed by atoms with Gasteiger partial charge in [0.05, 0.1) is 16.9 Å². The molecule has 0 unspecified atom stereocenters. The summed E-state index contributed by atoms with van der Waals surface area (Å²) in [5.41, 5.74) is 4.90. The monoisotopic (exact) mass is 362 g/mol. The first-order chi connectivity index (χ1) is 12.5. The second-order valence-corrected chi connectivity index (χ2v) is 6.88. The third-order valence-electron chi connectivity index (χ3n) is 4.05. The fraction of sp³-hybridized carbons (Fsp3) is 0.150. The molecular weight excluding hydrogens is 344 g/mol. The number of nitrogens with zero attached hydrogens (tertiary/aromatic N) is 3. The van der Waals surface area contributed by atoms with E-state index in [9.17, 15) is 4.79 Å². The van der Waals surface area contributed by atoms with Crippen LogP contribution in [0.25, 0.3) is 5.69 Å². The topological polar surface area (TPSA) is 73.9 Å². The van der Waals surface area contributed by atoms with Crippen LogP contribution in [0.4, 0.5) is 5.69 Å². The number of thiocyanates is 1. The fourth-order valence-corrected chi connectivity index (χ4v) is 3.11. The number of aryl methyl sites for hydroxylation is 3. The molecule has 0 spiro atoms. The molecular formula is C20H18N4OS. The van der Waals surface area contributed by atoms with Gasteiger partial charge < -0.3 is 0 Å². The molecule has 3 aromatic rings. The molecule has 0 aliphatic heterocycles. The Bertz CT molecular complexity index is 1070. The predicted octanol–water partition coefficient (Wildman–Crippen LogP) is 4.41. The summed E-state index contributed by atoms with van der Waals surface area (Å²) in [6, 6.07) is 13.3. The lowest BCUT2D eigenvalue weighted by Crippen LogP contribution is -2.18. The van der Waals surface area contributed by atoms with Gasteiger partial charge in [-0.2, -0.15) is 5.26 Å². The Morgan fingerprint density at radius 2 is 1.88 bits per heavy atom. The van der Waals surface area contributed by atoms with Crippen LogP contribution in [0.5, 0.6) is 0 Å². The molecule has 0 bridgehead atoms. The smallest absolute Gasteiger partial charge is 0.280 e. The van der Waals surface area contributed by atoms with Crippen LogP contribution in [0, 0.1) is 31.4 Å². The number of thioether (sulfide) groups is 1. The highest BCUT2D eigenvalue weighted by molar-refractivity contribution is 8.03. The molecule has 0 aliphatic rings. The Balaban J connectivity index is 1.93. The van der Waals surface area contributed by atoms with E-state index in [0.29, 0.717) is 5.56 Å². The Hall–Kier alpha value is -3.04. The summed E-state index contributed by atoms with van der Waals surface area (Å²) >= 11 is 1.10. The molecule has 0 saturated heterocycles. The number of aliphatic imine (C=N–C) groups is 1. The Morgan fingerprint density at radius 3 is 2.54 bits per heavy atom. The van der Waals surface area contributed by atoms with Gasteiger partial charge in [0.1, 0.15) is 5.40 Å². The SMILES string of the molecule is Cc1ccc(-n2[nH]c(C)c(C=Nc3ccc(SC#N)cc3)c2=O)c(C)c1. The Labute approximate surface area is 156 Å². The number of H-pyrrole nitrogens is 1. The van der Waals surface area contributed by atoms with Crippen molar-refractivity contribution in [2.45, 2.75) is 25.7 Å². The van der Waals surface area contributed by atoms with Crippen LogP contribution in [0.3, 0.4) is 0 Å². The van der Waals surface area contributed by atoms with E-state index >= 15 is 0 Å². The van der Waals surface area contributed by atoms with Crippen molar-refractivity contribution < 1.29 is 0 Å². The van der Waals surface area contributed by atoms with Crippen LogP contribution in [0.2, 0.25) is 0 Å². The molecule has 5 nitrogen and oxygen atoms in total. The molecule has 1 heterocycles. The van der Waals surface area contributed by atoms with Crippen molar-refractivity contribution in [3.8, 4) is 11.1 Å². The van der Waals surface area contributed by atoms with E-state index in [2.05, 4.69) is 10.1 Å². The average Bonchev–Trinajstić information content (AvgIpc) is 2.89. The summed E-state index contributed by atoms with van der Waals surface area (Å²) in [6.45, 7) is 5.87. The minimum absolute atomic E-state index is 0.130. The van der Waals surface area contributed by atoms with E-state index in [1.54, 1.807) is 10.9 Å². The number of hydrogen-bond donors (Lipinski definition) is 1. The molecule has 1 N–H and O–H groups in total. The normalized spacial score (nSPS) is 11.0. The van der Waals surface area contributed by atoms with Crippen LogP contribution in [-0.2, 0) is 0 Å². The van der Waals surface area contributed by atoms with Crippen LogP contribution < -0.4 is 5.56 Å². The summed E-state index contributed by atoms with van der Waals surface area (Å²) in [5.74, 6) is 0. The second kappa shape index (κ2) is 7.46. The van der Waals surface area contributed by atoms with Gasteiger partial charge in [0.15, 0.2) is 0 Å². The summed E-state index contributed by atoms with van der Waals surface area (Å²) in [7, 11) is 0. The number of hydrogen-bond acceptors (Lipinski definition) is 4. The molecule has 0 atom stereocenters. The van der Waals surface area contributed by atoms with E-state index in [0.717, 1.165) is 44.9 Å². The number of nitrogens with one attached hydrogen (secondary N) is 1. The van der Waals surface area contributed by atoms with Crippen molar-refractivity contribution in [1.29, 1.82) is 5.26 Å². The first kappa shape index (κ1) is 17.8. The minimum atomic E-state index is -0.130. The van der Waals surface area contributed by atoms with Gasteiger partial charge in [0.25, 0.3) is 5.56 Å². The molecule has 1 aromatic heterocycles. The van der Waals surface area contributed by atoms with Gasteiger partial charge in [-0.15, -0.1) is 0 Å². The summed E-state index contributed by atoms with van der Waals surface area (Å²) in [4.78, 5) is 18.0. The Morgan fingerprint density at radius 1 is 1.15 bits per heavy atom. The largest absolute Gasteiger partial charge is 0.295 e. The lowest BCUT2D eigenvalue weighted by atomic mass is 10.1. The molecule has 130 valence electrons. The highest BCUT2D eigenvalue weighted by atomic mass is 32.2. The maximum Gasteiger partial charge on any atom is 0.280 e. The third-order valence-corrected chi connectivity index (χ3v) is 4.65. The van der Waals surface area contributed by atoms with Crippen molar-refractivity contribution in [1.82, 2.24) is 9.78 Å². The van der Waals surface area contributed by atoms with Crippen molar-refractivity contribution in [3.63, 3.8) is 0 Å². The maximum absolute atomic E-state index is 12.8. The number of aromatic nitrogens is 2. The summed E-state index contributed by atoms with van der Waals surface area (Å²) < 4.78 is 1.55. The predicted molar refractivity (Wildman–Crippen MR) is 106 cm³/mol. The van der Waals surface area contributed by atoms with E-state index in [1.165, 1.54) is 0 Å². The van der Waals surface area contributed by atoms with E-state index in [4.69, 9.17) is 5.26 Å². The summed E-state index contributed by atoms with van der Waals surface area (Å²) in [6.07, 6.45) is 1.58. The average molecular weight is 362 g/mol. The minimum Gasteiger partial charge on any atom is -0.295 e. The van der Waals surface area contributed by atoms with Crippen LogP contribution in [0.1, 0.15) is 22.4 Å². The zero-order chi connectivity index (χ0) is 18.7. The lowest BCUT2D eigenvalue weighted by Gasteiger charge is -2.06. The fourth-order valence-electron chi connectivity index (χ4n) is 2.73.